The fourth-order valence-corrected chi connectivity index (χ4v) is 6.53. The van der Waals surface area contributed by atoms with E-state index in [0.717, 1.165) is 25.1 Å². The van der Waals surface area contributed by atoms with Crippen LogP contribution in [0, 0.1) is 34.5 Å². The summed E-state index contributed by atoms with van der Waals surface area (Å²) < 4.78 is 5.43. The van der Waals surface area contributed by atoms with E-state index < -0.39 is 0 Å². The van der Waals surface area contributed by atoms with Crippen LogP contribution in [0.1, 0.15) is 51.4 Å². The van der Waals surface area contributed by atoms with E-state index in [2.05, 4.69) is 32.0 Å². The van der Waals surface area contributed by atoms with Gasteiger partial charge in [-0.25, -0.2) is 0 Å². The lowest BCUT2D eigenvalue weighted by molar-refractivity contribution is -0.0572. The van der Waals surface area contributed by atoms with Crippen LogP contribution < -0.4 is 5.73 Å². The molecule has 6 atom stereocenters. The van der Waals surface area contributed by atoms with Crippen molar-refractivity contribution in [2.24, 2.45) is 40.2 Å². The minimum absolute atomic E-state index is 0.0646. The molecule has 0 saturated heterocycles. The van der Waals surface area contributed by atoms with Gasteiger partial charge in [-0.15, -0.1) is 0 Å². The first-order chi connectivity index (χ1) is 11.9. The second kappa shape index (κ2) is 5.95. The van der Waals surface area contributed by atoms with Crippen LogP contribution in [0.5, 0.6) is 0 Å². The minimum atomic E-state index is 0.0646. The highest BCUT2D eigenvalue weighted by Gasteiger charge is 2.55. The molecule has 4 heteroatoms. The number of nitrogens with two attached hydrogens (primary N) is 1. The van der Waals surface area contributed by atoms with E-state index in [9.17, 15) is 5.11 Å². The Kier molecular flexibility index (Phi) is 4.12. The normalized spacial score (nSPS) is 43.5. The fraction of sp³-hybridized carbons (Fsp3) is 0.762. The summed E-state index contributed by atoms with van der Waals surface area (Å²) in [5.41, 5.74) is 9.54. The van der Waals surface area contributed by atoms with Gasteiger partial charge in [0.25, 0.3) is 0 Å². The Morgan fingerprint density at radius 2 is 2.16 bits per heavy atom. The molecule has 1 heterocycles. The molecule has 0 bridgehead atoms. The Hall–Kier alpha value is -1.13. The molecule has 0 aliphatic heterocycles. The molecule has 138 valence electrons. The van der Waals surface area contributed by atoms with Gasteiger partial charge in [-0.3, -0.25) is 0 Å². The Morgan fingerprint density at radius 3 is 2.88 bits per heavy atom. The average molecular weight is 344 g/mol. The quantitative estimate of drug-likeness (QED) is 0.825. The molecule has 0 unspecified atom stereocenters. The van der Waals surface area contributed by atoms with E-state index in [1.54, 1.807) is 5.57 Å². The lowest BCUT2D eigenvalue weighted by atomic mass is 9.49. The molecule has 3 aliphatic rings. The lowest BCUT2D eigenvalue weighted by Crippen LogP contribution is -2.53. The van der Waals surface area contributed by atoms with Crippen molar-refractivity contribution in [3.63, 3.8) is 0 Å². The largest absolute Gasteiger partial charge is 0.396 e. The van der Waals surface area contributed by atoms with Crippen molar-refractivity contribution >= 4 is 0 Å². The van der Waals surface area contributed by atoms with E-state index in [4.69, 9.17) is 10.3 Å². The predicted octanol–water partition coefficient (Wildman–Crippen LogP) is 3.35. The van der Waals surface area contributed by atoms with E-state index >= 15 is 0 Å². The van der Waals surface area contributed by atoms with E-state index in [1.807, 2.05) is 6.20 Å². The van der Waals surface area contributed by atoms with Gasteiger partial charge in [0.1, 0.15) is 5.76 Å². The Bertz CT molecular complexity index is 681. The molecule has 1 aromatic rings. The Morgan fingerprint density at radius 1 is 1.36 bits per heavy atom. The maximum absolute atomic E-state index is 10.2. The van der Waals surface area contributed by atoms with Crippen LogP contribution in [-0.2, 0) is 12.8 Å². The second-order valence-corrected chi connectivity index (χ2v) is 9.23. The zero-order chi connectivity index (χ0) is 17.8. The van der Waals surface area contributed by atoms with Gasteiger partial charge in [0, 0.05) is 18.6 Å². The van der Waals surface area contributed by atoms with Crippen LogP contribution in [0.3, 0.4) is 0 Å². The zero-order valence-electron chi connectivity index (χ0n) is 15.8. The first-order valence-corrected chi connectivity index (χ1v) is 9.84. The van der Waals surface area contributed by atoms with Crippen LogP contribution >= 0.6 is 0 Å². The van der Waals surface area contributed by atoms with Crippen LogP contribution in [0.15, 0.2) is 22.4 Å². The number of hydrogen-bond donors (Lipinski definition) is 2. The maximum Gasteiger partial charge on any atom is 0.140 e. The van der Waals surface area contributed by atoms with Crippen LogP contribution in [-0.4, -0.2) is 23.4 Å². The molecule has 25 heavy (non-hydrogen) atoms. The topological polar surface area (TPSA) is 72.3 Å². The standard InChI is InChI=1S/C21H32N2O2/c1-13-4-5-17-16(10-22)18(6-7-20(13,17)2)21(3)9-14-11-23-25-19(14)8-15(21)12-24/h4,11,15-18,24H,5-10,12,22H2,1-3H3/t15-,16+,17+,18+,20-,21+/m1/s1. The van der Waals surface area contributed by atoms with Crippen molar-refractivity contribution in [3.05, 3.63) is 29.2 Å². The number of aromatic nitrogens is 1. The first kappa shape index (κ1) is 17.3. The van der Waals surface area contributed by atoms with E-state index in [1.165, 1.54) is 24.8 Å². The molecule has 4 nitrogen and oxygen atoms in total. The SMILES string of the molecule is CC1=CC[C@H]2[C@H](CN)[C@@H]([C@@]3(C)Cc4cnoc4C[C@@H]3CO)CC[C@]12C. The highest BCUT2D eigenvalue weighted by Crippen LogP contribution is 2.61. The van der Waals surface area contributed by atoms with Gasteiger partial charge in [-0.05, 0) is 73.7 Å². The van der Waals surface area contributed by atoms with E-state index in [-0.39, 0.29) is 17.9 Å². The Labute approximate surface area is 150 Å². The molecular weight excluding hydrogens is 312 g/mol. The number of aliphatic hydroxyl groups is 1. The summed E-state index contributed by atoms with van der Waals surface area (Å²) >= 11 is 0. The third-order valence-electron chi connectivity index (χ3n) is 8.41. The third kappa shape index (κ3) is 2.37. The molecule has 3 aliphatic carbocycles. The van der Waals surface area contributed by atoms with Crippen molar-refractivity contribution in [2.45, 2.75) is 52.9 Å². The third-order valence-corrected chi connectivity index (χ3v) is 8.41. The number of allylic oxidation sites excluding steroid dienone is 2. The highest BCUT2D eigenvalue weighted by atomic mass is 16.5. The van der Waals surface area contributed by atoms with Crippen molar-refractivity contribution in [3.8, 4) is 0 Å². The van der Waals surface area contributed by atoms with Gasteiger partial charge in [0.2, 0.25) is 0 Å². The van der Waals surface area contributed by atoms with Crippen LogP contribution in [0.25, 0.3) is 0 Å². The molecule has 0 aromatic carbocycles. The number of nitrogens with zero attached hydrogens (tertiary/aromatic N) is 1. The highest BCUT2D eigenvalue weighted by molar-refractivity contribution is 5.26. The predicted molar refractivity (Wildman–Crippen MR) is 97.8 cm³/mol. The van der Waals surface area contributed by atoms with Gasteiger partial charge in [-0.1, -0.05) is 30.7 Å². The van der Waals surface area contributed by atoms with Crippen molar-refractivity contribution in [2.75, 3.05) is 13.2 Å². The number of aliphatic hydroxyl groups excluding tert-OH is 1. The maximum atomic E-state index is 10.2. The smallest absolute Gasteiger partial charge is 0.140 e. The first-order valence-electron chi connectivity index (χ1n) is 9.84. The van der Waals surface area contributed by atoms with E-state index in [0.29, 0.717) is 23.2 Å². The number of fused-ring (bicyclic) bond motifs is 2. The summed E-state index contributed by atoms with van der Waals surface area (Å²) in [5.74, 6) is 2.92. The molecule has 4 rings (SSSR count). The number of hydrogen-bond acceptors (Lipinski definition) is 4. The van der Waals surface area contributed by atoms with Gasteiger partial charge in [0.05, 0.1) is 6.20 Å². The van der Waals surface area contributed by atoms with Gasteiger partial charge in [0.15, 0.2) is 0 Å². The summed E-state index contributed by atoms with van der Waals surface area (Å²) in [6.45, 7) is 8.09. The molecule has 1 aromatic heterocycles. The molecular formula is C21H32N2O2. The molecule has 3 N–H and O–H groups in total. The van der Waals surface area contributed by atoms with Crippen molar-refractivity contribution in [1.29, 1.82) is 0 Å². The van der Waals surface area contributed by atoms with Crippen LogP contribution in [0.2, 0.25) is 0 Å². The zero-order valence-corrected chi connectivity index (χ0v) is 15.8. The van der Waals surface area contributed by atoms with Gasteiger partial charge in [-0.2, -0.15) is 0 Å². The van der Waals surface area contributed by atoms with Crippen LogP contribution in [0.4, 0.5) is 0 Å². The molecule has 0 radical (unpaired) electrons. The lowest BCUT2D eigenvalue weighted by Gasteiger charge is -2.56. The molecule has 1 saturated carbocycles. The minimum Gasteiger partial charge on any atom is -0.396 e. The van der Waals surface area contributed by atoms with Crippen molar-refractivity contribution < 1.29 is 9.63 Å². The molecule has 0 amide bonds. The second-order valence-electron chi connectivity index (χ2n) is 9.23. The van der Waals surface area contributed by atoms with Gasteiger partial charge < -0.3 is 15.4 Å². The monoisotopic (exact) mass is 344 g/mol. The summed E-state index contributed by atoms with van der Waals surface area (Å²) in [5, 5.41) is 14.2. The van der Waals surface area contributed by atoms with Crippen molar-refractivity contribution in [1.82, 2.24) is 5.16 Å². The summed E-state index contributed by atoms with van der Waals surface area (Å²) in [6.07, 6.45) is 9.69. The molecule has 0 spiro atoms. The molecule has 1 fully saturated rings. The van der Waals surface area contributed by atoms with Gasteiger partial charge >= 0.3 is 0 Å². The average Bonchev–Trinajstić information content (AvgIpc) is 3.17. The summed E-state index contributed by atoms with van der Waals surface area (Å²) in [4.78, 5) is 0. The fourth-order valence-electron chi connectivity index (χ4n) is 6.53. The Balaban J connectivity index is 1.68. The summed E-state index contributed by atoms with van der Waals surface area (Å²) in [6, 6.07) is 0. The number of rotatable bonds is 3. The summed E-state index contributed by atoms with van der Waals surface area (Å²) in [7, 11) is 0.